The van der Waals surface area contributed by atoms with Crippen LogP contribution in [0.2, 0.25) is 0 Å². The standard InChI is InChI=1S/C12H20N4O2S/c13-9-12(6-2-1-3-7-12)16-11-5-4-10(8-15-11)19(14,17)18/h4-5,8H,1-3,6-7,9,13H2,(H,15,16)(H2,14,17,18). The maximum absolute atomic E-state index is 11.2. The number of hydrogen-bond acceptors (Lipinski definition) is 5. The molecule has 1 heterocycles. The van der Waals surface area contributed by atoms with Crippen LogP contribution in [0.15, 0.2) is 23.2 Å². The first kappa shape index (κ1) is 14.2. The first-order valence-corrected chi connectivity index (χ1v) is 7.97. The van der Waals surface area contributed by atoms with E-state index in [1.807, 2.05) is 0 Å². The van der Waals surface area contributed by atoms with Gasteiger partial charge in [0, 0.05) is 12.7 Å². The van der Waals surface area contributed by atoms with Gasteiger partial charge in [-0.05, 0) is 25.0 Å². The molecule has 1 fully saturated rings. The van der Waals surface area contributed by atoms with E-state index in [0.717, 1.165) is 25.7 Å². The molecular formula is C12H20N4O2S. The average Bonchev–Trinajstić information content (AvgIpc) is 2.39. The molecule has 1 aliphatic rings. The smallest absolute Gasteiger partial charge is 0.239 e. The van der Waals surface area contributed by atoms with Crippen molar-refractivity contribution in [2.45, 2.75) is 42.5 Å². The molecule has 0 amide bonds. The molecule has 6 nitrogen and oxygen atoms in total. The zero-order chi connectivity index (χ0) is 13.9. The number of nitrogens with zero attached hydrogens (tertiary/aromatic N) is 1. The molecule has 0 atom stereocenters. The number of pyridine rings is 1. The molecule has 0 saturated heterocycles. The molecule has 7 heteroatoms. The van der Waals surface area contributed by atoms with E-state index in [2.05, 4.69) is 10.3 Å². The third-order valence-electron chi connectivity index (χ3n) is 3.66. The first-order chi connectivity index (χ1) is 8.95. The van der Waals surface area contributed by atoms with Crippen LogP contribution in [-0.2, 0) is 10.0 Å². The molecule has 0 aromatic carbocycles. The number of anilines is 1. The van der Waals surface area contributed by atoms with Crippen LogP contribution in [0.4, 0.5) is 5.82 Å². The largest absolute Gasteiger partial charge is 0.363 e. The summed E-state index contributed by atoms with van der Waals surface area (Å²) in [6.07, 6.45) is 6.84. The van der Waals surface area contributed by atoms with Gasteiger partial charge in [0.05, 0.1) is 5.54 Å². The van der Waals surface area contributed by atoms with Gasteiger partial charge in [-0.2, -0.15) is 0 Å². The molecule has 1 aliphatic carbocycles. The van der Waals surface area contributed by atoms with Crippen LogP contribution in [-0.4, -0.2) is 25.5 Å². The third-order valence-corrected chi connectivity index (χ3v) is 4.56. The fraction of sp³-hybridized carbons (Fsp3) is 0.583. The number of sulfonamides is 1. The first-order valence-electron chi connectivity index (χ1n) is 6.42. The highest BCUT2D eigenvalue weighted by molar-refractivity contribution is 7.89. The monoisotopic (exact) mass is 284 g/mol. The van der Waals surface area contributed by atoms with Crippen LogP contribution in [0.3, 0.4) is 0 Å². The summed E-state index contributed by atoms with van der Waals surface area (Å²) in [5.41, 5.74) is 5.76. The highest BCUT2D eigenvalue weighted by Gasteiger charge is 2.30. The third kappa shape index (κ3) is 3.43. The summed E-state index contributed by atoms with van der Waals surface area (Å²) >= 11 is 0. The Morgan fingerprint density at radius 2 is 1.95 bits per heavy atom. The van der Waals surface area contributed by atoms with Gasteiger partial charge in [0.25, 0.3) is 0 Å². The fourth-order valence-corrected chi connectivity index (χ4v) is 2.96. The van der Waals surface area contributed by atoms with Crippen molar-refractivity contribution in [2.75, 3.05) is 11.9 Å². The Balaban J connectivity index is 2.14. The molecule has 19 heavy (non-hydrogen) atoms. The Morgan fingerprint density at radius 1 is 1.26 bits per heavy atom. The number of rotatable bonds is 4. The second-order valence-electron chi connectivity index (χ2n) is 5.09. The summed E-state index contributed by atoms with van der Waals surface area (Å²) in [4.78, 5) is 4.12. The van der Waals surface area contributed by atoms with E-state index < -0.39 is 10.0 Å². The van der Waals surface area contributed by atoms with E-state index in [4.69, 9.17) is 10.9 Å². The molecule has 0 radical (unpaired) electrons. The van der Waals surface area contributed by atoms with E-state index in [9.17, 15) is 8.42 Å². The van der Waals surface area contributed by atoms with Crippen LogP contribution in [0.1, 0.15) is 32.1 Å². The normalized spacial score (nSPS) is 19.1. The quantitative estimate of drug-likeness (QED) is 0.757. The maximum Gasteiger partial charge on any atom is 0.239 e. The zero-order valence-corrected chi connectivity index (χ0v) is 11.6. The Morgan fingerprint density at radius 3 is 2.42 bits per heavy atom. The van der Waals surface area contributed by atoms with Crippen LogP contribution >= 0.6 is 0 Å². The molecule has 1 aromatic heterocycles. The fourth-order valence-electron chi connectivity index (χ4n) is 2.50. The summed E-state index contributed by atoms with van der Waals surface area (Å²) < 4.78 is 22.3. The van der Waals surface area contributed by atoms with Gasteiger partial charge in [0.15, 0.2) is 0 Å². The minimum Gasteiger partial charge on any atom is -0.363 e. The molecule has 0 bridgehead atoms. The van der Waals surface area contributed by atoms with E-state index in [1.165, 1.54) is 18.7 Å². The number of nitrogens with one attached hydrogen (secondary N) is 1. The molecular weight excluding hydrogens is 264 g/mol. The molecule has 1 saturated carbocycles. The number of primary sulfonamides is 1. The van der Waals surface area contributed by atoms with E-state index in [-0.39, 0.29) is 10.4 Å². The lowest BCUT2D eigenvalue weighted by atomic mass is 9.81. The van der Waals surface area contributed by atoms with Crippen molar-refractivity contribution in [1.82, 2.24) is 4.98 Å². The molecule has 1 aromatic rings. The average molecular weight is 284 g/mol. The lowest BCUT2D eigenvalue weighted by Gasteiger charge is -2.37. The zero-order valence-electron chi connectivity index (χ0n) is 10.8. The van der Waals surface area contributed by atoms with Crippen molar-refractivity contribution >= 4 is 15.8 Å². The van der Waals surface area contributed by atoms with Crippen molar-refractivity contribution in [3.63, 3.8) is 0 Å². The Bertz CT molecular complexity index is 521. The second kappa shape index (κ2) is 5.44. The van der Waals surface area contributed by atoms with Crippen molar-refractivity contribution < 1.29 is 8.42 Å². The highest BCUT2D eigenvalue weighted by Crippen LogP contribution is 2.30. The minimum absolute atomic E-state index is 0.0171. The topological polar surface area (TPSA) is 111 Å². The van der Waals surface area contributed by atoms with Crippen LogP contribution in [0.25, 0.3) is 0 Å². The molecule has 0 unspecified atom stereocenters. The van der Waals surface area contributed by atoms with Crippen LogP contribution in [0.5, 0.6) is 0 Å². The minimum atomic E-state index is -3.69. The summed E-state index contributed by atoms with van der Waals surface area (Å²) in [5, 5.41) is 8.39. The van der Waals surface area contributed by atoms with Gasteiger partial charge in [-0.1, -0.05) is 19.3 Å². The molecule has 2 rings (SSSR count). The van der Waals surface area contributed by atoms with Gasteiger partial charge in [-0.25, -0.2) is 18.5 Å². The van der Waals surface area contributed by atoms with Gasteiger partial charge in [-0.3, -0.25) is 0 Å². The molecule has 0 spiro atoms. The molecule has 0 aliphatic heterocycles. The van der Waals surface area contributed by atoms with Crippen LogP contribution in [0, 0.1) is 0 Å². The van der Waals surface area contributed by atoms with Crippen molar-refractivity contribution in [3.8, 4) is 0 Å². The van der Waals surface area contributed by atoms with E-state index in [0.29, 0.717) is 12.4 Å². The maximum atomic E-state index is 11.2. The lowest BCUT2D eigenvalue weighted by Crippen LogP contribution is -2.47. The highest BCUT2D eigenvalue weighted by atomic mass is 32.2. The van der Waals surface area contributed by atoms with Gasteiger partial charge in [0.2, 0.25) is 10.0 Å². The van der Waals surface area contributed by atoms with Crippen molar-refractivity contribution in [3.05, 3.63) is 18.3 Å². The predicted octanol–water partition coefficient (Wildman–Crippen LogP) is 0.802. The van der Waals surface area contributed by atoms with E-state index in [1.54, 1.807) is 6.07 Å². The van der Waals surface area contributed by atoms with Gasteiger partial charge >= 0.3 is 0 Å². The van der Waals surface area contributed by atoms with Crippen LogP contribution < -0.4 is 16.2 Å². The molecule has 106 valence electrons. The second-order valence-corrected chi connectivity index (χ2v) is 6.66. The van der Waals surface area contributed by atoms with E-state index >= 15 is 0 Å². The summed E-state index contributed by atoms with van der Waals surface area (Å²) in [7, 11) is -3.69. The lowest BCUT2D eigenvalue weighted by molar-refractivity contribution is 0.330. The Kier molecular flexibility index (Phi) is 4.07. The Hall–Kier alpha value is -1.18. The number of aromatic nitrogens is 1. The van der Waals surface area contributed by atoms with Gasteiger partial charge in [0.1, 0.15) is 10.7 Å². The summed E-state index contributed by atoms with van der Waals surface area (Å²) in [6, 6.07) is 3.09. The van der Waals surface area contributed by atoms with Crippen molar-refractivity contribution in [1.29, 1.82) is 0 Å². The predicted molar refractivity (Wildman–Crippen MR) is 74.1 cm³/mol. The van der Waals surface area contributed by atoms with Gasteiger partial charge in [-0.15, -0.1) is 0 Å². The summed E-state index contributed by atoms with van der Waals surface area (Å²) in [6.45, 7) is 0.547. The van der Waals surface area contributed by atoms with Crippen molar-refractivity contribution in [2.24, 2.45) is 10.9 Å². The van der Waals surface area contributed by atoms with Gasteiger partial charge < -0.3 is 11.1 Å². The number of hydrogen-bond donors (Lipinski definition) is 3. The Labute approximate surface area is 113 Å². The SMILES string of the molecule is NCC1(Nc2ccc(S(N)(=O)=O)cn2)CCCCC1. The number of nitrogens with two attached hydrogens (primary N) is 2. The molecule has 5 N–H and O–H groups in total. The summed E-state index contributed by atoms with van der Waals surface area (Å²) in [5.74, 6) is 0.639.